The number of imidazole rings is 1. The number of aromatic nitrogens is 4. The Kier molecular flexibility index (Phi) is 3.24. The van der Waals surface area contributed by atoms with E-state index < -0.39 is 0 Å². The number of benzene rings is 2. The van der Waals surface area contributed by atoms with Gasteiger partial charge >= 0.3 is 0 Å². The maximum absolute atomic E-state index is 5.70. The molecule has 2 aromatic heterocycles. The van der Waals surface area contributed by atoms with Gasteiger partial charge in [0.1, 0.15) is 11.6 Å². The van der Waals surface area contributed by atoms with E-state index in [1.807, 2.05) is 55.5 Å². The van der Waals surface area contributed by atoms with Crippen molar-refractivity contribution in [2.24, 2.45) is 0 Å². The normalized spacial score (nSPS) is 10.8. The quantitative estimate of drug-likeness (QED) is 0.618. The number of hydrogen-bond acceptors (Lipinski definition) is 4. The Hall–Kier alpha value is -3.21. The van der Waals surface area contributed by atoms with Crippen LogP contribution in [-0.4, -0.2) is 19.9 Å². The van der Waals surface area contributed by atoms with Gasteiger partial charge in [-0.1, -0.05) is 12.1 Å². The van der Waals surface area contributed by atoms with Gasteiger partial charge in [0.15, 0.2) is 0 Å². The molecule has 0 bridgehead atoms. The maximum atomic E-state index is 5.70. The number of fused-ring (bicyclic) bond motifs is 1. The highest BCUT2D eigenvalue weighted by atomic mass is 16.5. The van der Waals surface area contributed by atoms with E-state index in [2.05, 4.69) is 19.9 Å². The van der Waals surface area contributed by atoms with E-state index in [0.717, 1.165) is 28.1 Å². The molecule has 0 radical (unpaired) electrons. The Morgan fingerprint density at radius 1 is 0.913 bits per heavy atom. The van der Waals surface area contributed by atoms with Crippen LogP contribution in [0.25, 0.3) is 22.4 Å². The molecule has 0 aliphatic heterocycles. The number of nitrogens with one attached hydrogen (secondary N) is 1. The predicted molar refractivity (Wildman–Crippen MR) is 88.4 cm³/mol. The molecule has 4 aromatic rings. The van der Waals surface area contributed by atoms with E-state index in [-0.39, 0.29) is 0 Å². The molecule has 0 saturated heterocycles. The van der Waals surface area contributed by atoms with Gasteiger partial charge in [0.05, 0.1) is 22.9 Å². The van der Waals surface area contributed by atoms with E-state index >= 15 is 0 Å². The van der Waals surface area contributed by atoms with Crippen LogP contribution in [0.5, 0.6) is 11.6 Å². The number of nitrogens with zero attached hydrogens (tertiary/aromatic N) is 3. The number of aryl methyl sites for hydroxylation is 1. The van der Waals surface area contributed by atoms with Gasteiger partial charge in [-0.05, 0) is 43.3 Å². The molecule has 4 rings (SSSR count). The molecule has 2 aromatic carbocycles. The van der Waals surface area contributed by atoms with Crippen LogP contribution in [0.2, 0.25) is 0 Å². The van der Waals surface area contributed by atoms with E-state index in [1.54, 1.807) is 12.4 Å². The standard InChI is InChI=1S/C18H14N4O/c1-12-10-19-11-17(20-12)23-14-8-6-13(7-9-14)18-21-15-4-2-3-5-16(15)22-18/h2-11H,1H3,(H,21,22). The Labute approximate surface area is 133 Å². The lowest BCUT2D eigenvalue weighted by Crippen LogP contribution is -1.91. The lowest BCUT2D eigenvalue weighted by molar-refractivity contribution is 0.459. The van der Waals surface area contributed by atoms with Gasteiger partial charge in [-0.2, -0.15) is 0 Å². The minimum atomic E-state index is 0.487. The van der Waals surface area contributed by atoms with Crippen molar-refractivity contribution in [3.05, 3.63) is 66.6 Å². The summed E-state index contributed by atoms with van der Waals surface area (Å²) in [5.74, 6) is 2.04. The first-order chi connectivity index (χ1) is 11.3. The van der Waals surface area contributed by atoms with Crippen LogP contribution in [0.4, 0.5) is 0 Å². The molecule has 0 fully saturated rings. The maximum Gasteiger partial charge on any atom is 0.238 e. The molecule has 0 atom stereocenters. The SMILES string of the molecule is Cc1cncc(Oc2ccc(-c3nc4ccccc4[nH]3)cc2)n1. The van der Waals surface area contributed by atoms with Crippen molar-refractivity contribution in [1.82, 2.24) is 19.9 Å². The van der Waals surface area contributed by atoms with Crippen LogP contribution >= 0.6 is 0 Å². The Morgan fingerprint density at radius 3 is 2.52 bits per heavy atom. The highest BCUT2D eigenvalue weighted by Crippen LogP contribution is 2.24. The molecule has 0 unspecified atom stereocenters. The van der Waals surface area contributed by atoms with Gasteiger partial charge < -0.3 is 9.72 Å². The fourth-order valence-electron chi connectivity index (χ4n) is 2.38. The molecule has 0 spiro atoms. The predicted octanol–water partition coefficient (Wildman–Crippen LogP) is 4.12. The van der Waals surface area contributed by atoms with Crippen molar-refractivity contribution in [3.8, 4) is 23.0 Å². The van der Waals surface area contributed by atoms with Crippen LogP contribution in [0.15, 0.2) is 60.9 Å². The molecular weight excluding hydrogens is 288 g/mol. The summed E-state index contributed by atoms with van der Waals surface area (Å²) in [5.41, 5.74) is 3.81. The number of aromatic amines is 1. The summed E-state index contributed by atoms with van der Waals surface area (Å²) < 4.78 is 5.70. The molecule has 2 heterocycles. The van der Waals surface area contributed by atoms with E-state index in [1.165, 1.54) is 0 Å². The first-order valence-electron chi connectivity index (χ1n) is 7.30. The minimum Gasteiger partial charge on any atom is -0.437 e. The lowest BCUT2D eigenvalue weighted by atomic mass is 10.2. The largest absolute Gasteiger partial charge is 0.437 e. The molecule has 5 nitrogen and oxygen atoms in total. The number of rotatable bonds is 3. The zero-order chi connectivity index (χ0) is 15.6. The molecule has 0 aliphatic carbocycles. The zero-order valence-electron chi connectivity index (χ0n) is 12.5. The lowest BCUT2D eigenvalue weighted by Gasteiger charge is -2.05. The second-order valence-electron chi connectivity index (χ2n) is 5.23. The topological polar surface area (TPSA) is 63.7 Å². The van der Waals surface area contributed by atoms with Crippen molar-refractivity contribution < 1.29 is 4.74 Å². The van der Waals surface area contributed by atoms with Crippen molar-refractivity contribution in [3.63, 3.8) is 0 Å². The molecule has 0 saturated carbocycles. The summed E-state index contributed by atoms with van der Waals surface area (Å²) >= 11 is 0. The number of ether oxygens (including phenoxy) is 1. The van der Waals surface area contributed by atoms with E-state index in [4.69, 9.17) is 4.74 Å². The molecule has 0 aliphatic rings. The summed E-state index contributed by atoms with van der Waals surface area (Å²) in [6, 6.07) is 15.7. The van der Waals surface area contributed by atoms with Crippen LogP contribution in [0.1, 0.15) is 5.69 Å². The fourth-order valence-corrected chi connectivity index (χ4v) is 2.38. The highest BCUT2D eigenvalue weighted by molar-refractivity contribution is 5.79. The minimum absolute atomic E-state index is 0.487. The number of H-pyrrole nitrogens is 1. The summed E-state index contributed by atoms with van der Waals surface area (Å²) in [6.45, 7) is 1.88. The molecule has 1 N–H and O–H groups in total. The Bertz CT molecular complexity index is 927. The molecule has 112 valence electrons. The van der Waals surface area contributed by atoms with Gasteiger partial charge in [-0.15, -0.1) is 0 Å². The fraction of sp³-hybridized carbons (Fsp3) is 0.0556. The molecule has 23 heavy (non-hydrogen) atoms. The van der Waals surface area contributed by atoms with Crippen molar-refractivity contribution in [2.45, 2.75) is 6.92 Å². The molecule has 5 heteroatoms. The Morgan fingerprint density at radius 2 is 1.74 bits per heavy atom. The van der Waals surface area contributed by atoms with Gasteiger partial charge in [0.25, 0.3) is 0 Å². The van der Waals surface area contributed by atoms with E-state index in [9.17, 15) is 0 Å². The smallest absolute Gasteiger partial charge is 0.238 e. The molecular formula is C18H14N4O. The van der Waals surface area contributed by atoms with Crippen LogP contribution in [0.3, 0.4) is 0 Å². The van der Waals surface area contributed by atoms with Gasteiger partial charge in [0.2, 0.25) is 5.88 Å². The van der Waals surface area contributed by atoms with Crippen LogP contribution in [0, 0.1) is 6.92 Å². The van der Waals surface area contributed by atoms with E-state index in [0.29, 0.717) is 11.6 Å². The third kappa shape index (κ3) is 2.76. The average Bonchev–Trinajstić information content (AvgIpc) is 2.99. The van der Waals surface area contributed by atoms with Crippen molar-refractivity contribution in [1.29, 1.82) is 0 Å². The van der Waals surface area contributed by atoms with Crippen molar-refractivity contribution in [2.75, 3.05) is 0 Å². The van der Waals surface area contributed by atoms with Crippen molar-refractivity contribution >= 4 is 11.0 Å². The average molecular weight is 302 g/mol. The van der Waals surface area contributed by atoms with Crippen LogP contribution < -0.4 is 4.74 Å². The Balaban J connectivity index is 1.60. The first-order valence-corrected chi connectivity index (χ1v) is 7.30. The zero-order valence-corrected chi connectivity index (χ0v) is 12.5. The number of hydrogen-bond donors (Lipinski definition) is 1. The monoisotopic (exact) mass is 302 g/mol. The summed E-state index contributed by atoms with van der Waals surface area (Å²) in [7, 11) is 0. The van der Waals surface area contributed by atoms with Gasteiger partial charge in [0, 0.05) is 11.8 Å². The summed E-state index contributed by atoms with van der Waals surface area (Å²) in [6.07, 6.45) is 3.29. The first kappa shape index (κ1) is 13.5. The van der Waals surface area contributed by atoms with Gasteiger partial charge in [-0.3, -0.25) is 4.98 Å². The third-order valence-electron chi connectivity index (χ3n) is 3.47. The molecule has 0 amide bonds. The second kappa shape index (κ2) is 5.53. The third-order valence-corrected chi connectivity index (χ3v) is 3.47. The summed E-state index contributed by atoms with van der Waals surface area (Å²) in [5, 5.41) is 0. The number of para-hydroxylation sites is 2. The summed E-state index contributed by atoms with van der Waals surface area (Å²) in [4.78, 5) is 16.2. The highest BCUT2D eigenvalue weighted by Gasteiger charge is 2.06. The second-order valence-corrected chi connectivity index (χ2v) is 5.23. The van der Waals surface area contributed by atoms with Gasteiger partial charge in [-0.25, -0.2) is 9.97 Å². The van der Waals surface area contributed by atoms with Crippen LogP contribution in [-0.2, 0) is 0 Å².